The van der Waals surface area contributed by atoms with Crippen molar-refractivity contribution >= 4 is 21.9 Å². The maximum atomic E-state index is 12.1. The van der Waals surface area contributed by atoms with Crippen LogP contribution in [0.3, 0.4) is 0 Å². The number of carbonyl (C=O) groups excluding carboxylic acids is 1. The van der Waals surface area contributed by atoms with Crippen molar-refractivity contribution < 1.29 is 19.0 Å². The van der Waals surface area contributed by atoms with E-state index >= 15 is 0 Å². The monoisotopic (exact) mass is 364 g/mol. The summed E-state index contributed by atoms with van der Waals surface area (Å²) in [6.07, 6.45) is 0. The summed E-state index contributed by atoms with van der Waals surface area (Å²) in [5.41, 5.74) is 1.39. The van der Waals surface area contributed by atoms with E-state index in [4.69, 9.17) is 14.2 Å². The number of ether oxygens (including phenoxy) is 3. The lowest BCUT2D eigenvalue weighted by atomic mass is 10.2. The molecular formula is C17H17BrO4. The van der Waals surface area contributed by atoms with Gasteiger partial charge in [0.2, 0.25) is 0 Å². The van der Waals surface area contributed by atoms with Crippen LogP contribution in [0.4, 0.5) is 0 Å². The Morgan fingerprint density at radius 3 is 2.59 bits per heavy atom. The van der Waals surface area contributed by atoms with Gasteiger partial charge in [0.25, 0.3) is 0 Å². The third-order valence-corrected chi connectivity index (χ3v) is 3.33. The van der Waals surface area contributed by atoms with E-state index in [0.717, 1.165) is 10.0 Å². The minimum absolute atomic E-state index is 0.242. The van der Waals surface area contributed by atoms with Gasteiger partial charge in [-0.15, -0.1) is 0 Å². The molecular weight excluding hydrogens is 348 g/mol. The van der Waals surface area contributed by atoms with Crippen molar-refractivity contribution in [2.45, 2.75) is 6.61 Å². The lowest BCUT2D eigenvalue weighted by molar-refractivity contribution is 0.0472. The van der Waals surface area contributed by atoms with E-state index in [9.17, 15) is 4.79 Å². The summed E-state index contributed by atoms with van der Waals surface area (Å²) in [7, 11) is 1.61. The van der Waals surface area contributed by atoms with Crippen LogP contribution in [0, 0.1) is 0 Å². The Balaban J connectivity index is 1.99. The van der Waals surface area contributed by atoms with Gasteiger partial charge in [0.15, 0.2) is 0 Å². The molecule has 0 radical (unpaired) electrons. The molecule has 5 heteroatoms. The van der Waals surface area contributed by atoms with Crippen molar-refractivity contribution in [2.75, 3.05) is 20.3 Å². The molecule has 0 spiro atoms. The van der Waals surface area contributed by atoms with E-state index in [-0.39, 0.29) is 12.6 Å². The normalized spacial score (nSPS) is 10.3. The van der Waals surface area contributed by atoms with Crippen molar-refractivity contribution in [2.24, 2.45) is 0 Å². The fourth-order valence-corrected chi connectivity index (χ4v) is 2.29. The van der Waals surface area contributed by atoms with Crippen molar-refractivity contribution in [3.63, 3.8) is 0 Å². The first-order chi connectivity index (χ1) is 10.7. The largest absolute Gasteiger partial charge is 0.491 e. The van der Waals surface area contributed by atoms with Gasteiger partial charge in [-0.25, -0.2) is 4.79 Å². The second-order valence-electron chi connectivity index (χ2n) is 4.58. The summed E-state index contributed by atoms with van der Waals surface area (Å²) in [6, 6.07) is 14.7. The second kappa shape index (κ2) is 8.56. The third-order valence-electron chi connectivity index (χ3n) is 2.88. The Labute approximate surface area is 138 Å². The number of esters is 1. The van der Waals surface area contributed by atoms with Crippen LogP contribution in [0.2, 0.25) is 0 Å². The number of methoxy groups -OCH3 is 1. The highest BCUT2D eigenvalue weighted by molar-refractivity contribution is 9.10. The van der Waals surface area contributed by atoms with E-state index in [1.807, 2.05) is 30.3 Å². The smallest absolute Gasteiger partial charge is 0.338 e. The molecule has 116 valence electrons. The van der Waals surface area contributed by atoms with Crippen LogP contribution < -0.4 is 4.74 Å². The average Bonchev–Trinajstić information content (AvgIpc) is 2.53. The molecule has 2 aromatic rings. The first kappa shape index (κ1) is 16.5. The van der Waals surface area contributed by atoms with Crippen LogP contribution in [0.1, 0.15) is 15.9 Å². The standard InChI is InChI=1S/C17H17BrO4/c1-20-7-8-21-16-10-14(9-15(18)11-16)17(19)22-12-13-5-3-2-4-6-13/h2-6,9-11H,7-8,12H2,1H3. The van der Waals surface area contributed by atoms with E-state index in [1.165, 1.54) is 0 Å². The number of halogens is 1. The van der Waals surface area contributed by atoms with Crippen molar-refractivity contribution in [3.8, 4) is 5.75 Å². The molecule has 0 atom stereocenters. The van der Waals surface area contributed by atoms with Crippen molar-refractivity contribution in [1.29, 1.82) is 0 Å². The predicted octanol–water partition coefficient (Wildman–Crippen LogP) is 3.83. The summed E-state index contributed by atoms with van der Waals surface area (Å²) in [5.74, 6) is 0.208. The van der Waals surface area contributed by atoms with E-state index in [1.54, 1.807) is 25.3 Å². The van der Waals surface area contributed by atoms with E-state index in [2.05, 4.69) is 15.9 Å². The maximum Gasteiger partial charge on any atom is 0.338 e. The van der Waals surface area contributed by atoms with E-state index in [0.29, 0.717) is 24.5 Å². The minimum atomic E-state index is -0.387. The fourth-order valence-electron chi connectivity index (χ4n) is 1.81. The summed E-state index contributed by atoms with van der Waals surface area (Å²) >= 11 is 3.37. The van der Waals surface area contributed by atoms with Gasteiger partial charge in [0.05, 0.1) is 12.2 Å². The van der Waals surface area contributed by atoms with Crippen molar-refractivity contribution in [1.82, 2.24) is 0 Å². The number of rotatable bonds is 7. The lowest BCUT2D eigenvalue weighted by Crippen LogP contribution is -2.07. The quantitative estimate of drug-likeness (QED) is 0.553. The first-order valence-electron chi connectivity index (χ1n) is 6.82. The fraction of sp³-hybridized carbons (Fsp3) is 0.235. The summed E-state index contributed by atoms with van der Waals surface area (Å²) in [5, 5.41) is 0. The molecule has 0 bridgehead atoms. The molecule has 0 heterocycles. The Morgan fingerprint density at radius 1 is 1.09 bits per heavy atom. The molecule has 0 unspecified atom stereocenters. The van der Waals surface area contributed by atoms with Crippen LogP contribution in [-0.2, 0) is 16.1 Å². The molecule has 22 heavy (non-hydrogen) atoms. The molecule has 0 aliphatic heterocycles. The van der Waals surface area contributed by atoms with Gasteiger partial charge in [-0.1, -0.05) is 46.3 Å². The van der Waals surface area contributed by atoms with E-state index < -0.39 is 0 Å². The zero-order valence-electron chi connectivity index (χ0n) is 12.3. The molecule has 0 aromatic heterocycles. The number of hydrogen-bond donors (Lipinski definition) is 0. The highest BCUT2D eigenvalue weighted by Crippen LogP contribution is 2.22. The molecule has 0 fully saturated rings. The van der Waals surface area contributed by atoms with Crippen LogP contribution in [0.5, 0.6) is 5.75 Å². The number of benzene rings is 2. The van der Waals surface area contributed by atoms with Crippen LogP contribution in [0.25, 0.3) is 0 Å². The van der Waals surface area contributed by atoms with Gasteiger partial charge in [-0.3, -0.25) is 0 Å². The van der Waals surface area contributed by atoms with Gasteiger partial charge in [0, 0.05) is 11.6 Å². The first-order valence-corrected chi connectivity index (χ1v) is 7.61. The lowest BCUT2D eigenvalue weighted by Gasteiger charge is -2.09. The molecule has 0 saturated heterocycles. The molecule has 0 aliphatic carbocycles. The van der Waals surface area contributed by atoms with Crippen LogP contribution >= 0.6 is 15.9 Å². The Morgan fingerprint density at radius 2 is 1.86 bits per heavy atom. The molecule has 4 nitrogen and oxygen atoms in total. The molecule has 0 amide bonds. The minimum Gasteiger partial charge on any atom is -0.491 e. The van der Waals surface area contributed by atoms with Gasteiger partial charge in [0.1, 0.15) is 19.0 Å². The predicted molar refractivity (Wildman–Crippen MR) is 87.1 cm³/mol. The Bertz CT molecular complexity index is 613. The number of hydrogen-bond acceptors (Lipinski definition) is 4. The average molecular weight is 365 g/mol. The van der Waals surface area contributed by atoms with Crippen LogP contribution in [-0.4, -0.2) is 26.3 Å². The molecule has 0 saturated carbocycles. The summed E-state index contributed by atoms with van der Waals surface area (Å²) < 4.78 is 16.5. The van der Waals surface area contributed by atoms with Crippen molar-refractivity contribution in [3.05, 3.63) is 64.1 Å². The highest BCUT2D eigenvalue weighted by Gasteiger charge is 2.10. The van der Waals surface area contributed by atoms with Gasteiger partial charge < -0.3 is 14.2 Å². The zero-order valence-corrected chi connectivity index (χ0v) is 13.8. The maximum absolute atomic E-state index is 12.1. The SMILES string of the molecule is COCCOc1cc(Br)cc(C(=O)OCc2ccccc2)c1. The van der Waals surface area contributed by atoms with Gasteiger partial charge >= 0.3 is 5.97 Å². The molecule has 0 aliphatic rings. The zero-order chi connectivity index (χ0) is 15.8. The van der Waals surface area contributed by atoms with Gasteiger partial charge in [-0.2, -0.15) is 0 Å². The molecule has 0 N–H and O–H groups in total. The Kier molecular flexibility index (Phi) is 6.43. The highest BCUT2D eigenvalue weighted by atomic mass is 79.9. The number of carbonyl (C=O) groups is 1. The molecule has 2 rings (SSSR count). The summed E-state index contributed by atoms with van der Waals surface area (Å²) in [4.78, 5) is 12.1. The second-order valence-corrected chi connectivity index (χ2v) is 5.49. The van der Waals surface area contributed by atoms with Gasteiger partial charge in [-0.05, 0) is 23.8 Å². The third kappa shape index (κ3) is 5.16. The Hall–Kier alpha value is -1.85. The van der Waals surface area contributed by atoms with Crippen LogP contribution in [0.15, 0.2) is 53.0 Å². The summed E-state index contributed by atoms with van der Waals surface area (Å²) in [6.45, 7) is 1.15. The topological polar surface area (TPSA) is 44.8 Å². The molecule has 2 aromatic carbocycles.